The summed E-state index contributed by atoms with van der Waals surface area (Å²) in [6.07, 6.45) is 0. The van der Waals surface area contributed by atoms with Crippen LogP contribution in [-0.4, -0.2) is 47.8 Å². The Kier molecular flexibility index (Phi) is 4.97. The molecule has 2 aromatic rings. The van der Waals surface area contributed by atoms with Crippen molar-refractivity contribution in [1.29, 1.82) is 0 Å². The molecule has 0 spiro atoms. The largest absolute Gasteiger partial charge is 0.366 e. The Morgan fingerprint density at radius 2 is 1.75 bits per heavy atom. The molecule has 0 atom stereocenters. The van der Waals surface area contributed by atoms with Crippen LogP contribution in [0.4, 0.5) is 0 Å². The van der Waals surface area contributed by atoms with Gasteiger partial charge in [0.05, 0.1) is 5.56 Å². The lowest BCUT2D eigenvalue weighted by Crippen LogP contribution is -2.48. The number of primary amides is 1. The molecular formula is C18H21N3O2S. The van der Waals surface area contributed by atoms with Crippen molar-refractivity contribution in [3.05, 3.63) is 57.3 Å². The van der Waals surface area contributed by atoms with Crippen molar-refractivity contribution in [2.45, 2.75) is 13.5 Å². The van der Waals surface area contributed by atoms with Crippen LogP contribution < -0.4 is 5.73 Å². The number of carbonyl (C=O) groups excluding carboxylic acids is 2. The van der Waals surface area contributed by atoms with E-state index in [-0.39, 0.29) is 11.8 Å². The molecule has 0 aliphatic carbocycles. The number of nitrogens with zero attached hydrogens (tertiary/aromatic N) is 2. The van der Waals surface area contributed by atoms with Crippen molar-refractivity contribution in [3.63, 3.8) is 0 Å². The van der Waals surface area contributed by atoms with Gasteiger partial charge in [-0.3, -0.25) is 14.5 Å². The molecule has 0 bridgehead atoms. The van der Waals surface area contributed by atoms with Gasteiger partial charge in [0.25, 0.3) is 5.91 Å². The first-order valence-corrected chi connectivity index (χ1v) is 8.86. The average Bonchev–Trinajstić information content (AvgIpc) is 3.04. The van der Waals surface area contributed by atoms with Crippen LogP contribution in [0.1, 0.15) is 31.2 Å². The molecule has 1 aliphatic heterocycles. The van der Waals surface area contributed by atoms with E-state index in [2.05, 4.69) is 4.90 Å². The van der Waals surface area contributed by atoms with Gasteiger partial charge in [0.15, 0.2) is 0 Å². The lowest BCUT2D eigenvalue weighted by Gasteiger charge is -2.34. The van der Waals surface area contributed by atoms with Gasteiger partial charge in [-0.05, 0) is 25.1 Å². The summed E-state index contributed by atoms with van der Waals surface area (Å²) in [4.78, 5) is 29.0. The Hall–Kier alpha value is -2.18. The molecule has 2 N–H and O–H groups in total. The van der Waals surface area contributed by atoms with Crippen LogP contribution in [0.5, 0.6) is 0 Å². The van der Waals surface area contributed by atoms with E-state index in [4.69, 9.17) is 5.73 Å². The highest BCUT2D eigenvalue weighted by Crippen LogP contribution is 2.18. The summed E-state index contributed by atoms with van der Waals surface area (Å²) in [5.74, 6) is -0.284. The molecule has 1 aromatic heterocycles. The Labute approximate surface area is 145 Å². The smallest absolute Gasteiger partial charge is 0.253 e. The third kappa shape index (κ3) is 3.83. The van der Waals surface area contributed by atoms with Crippen molar-refractivity contribution in [1.82, 2.24) is 9.80 Å². The van der Waals surface area contributed by atoms with E-state index in [0.717, 1.165) is 48.7 Å². The minimum atomic E-state index is -0.383. The van der Waals surface area contributed by atoms with Crippen LogP contribution in [0.25, 0.3) is 0 Å². The molecular weight excluding hydrogens is 322 g/mol. The second kappa shape index (κ2) is 7.15. The first-order valence-electron chi connectivity index (χ1n) is 7.98. The van der Waals surface area contributed by atoms with Gasteiger partial charge >= 0.3 is 0 Å². The van der Waals surface area contributed by atoms with E-state index >= 15 is 0 Å². The van der Waals surface area contributed by atoms with Crippen molar-refractivity contribution in [2.75, 3.05) is 26.2 Å². The lowest BCUT2D eigenvalue weighted by atomic mass is 10.1. The minimum absolute atomic E-state index is 0.0989. The highest BCUT2D eigenvalue weighted by Gasteiger charge is 2.22. The Bertz CT molecular complexity index is 731. The third-order valence-electron chi connectivity index (χ3n) is 4.28. The summed E-state index contributed by atoms with van der Waals surface area (Å²) in [6, 6.07) is 9.58. The van der Waals surface area contributed by atoms with Crippen LogP contribution in [0.3, 0.4) is 0 Å². The van der Waals surface area contributed by atoms with Crippen LogP contribution in [-0.2, 0) is 6.54 Å². The highest BCUT2D eigenvalue weighted by molar-refractivity contribution is 7.10. The number of hydrogen-bond acceptors (Lipinski definition) is 4. The maximum atomic E-state index is 12.5. The van der Waals surface area contributed by atoms with Crippen molar-refractivity contribution in [3.8, 4) is 0 Å². The van der Waals surface area contributed by atoms with E-state index in [1.165, 1.54) is 0 Å². The molecule has 0 radical (unpaired) electrons. The molecule has 1 fully saturated rings. The predicted molar refractivity (Wildman–Crippen MR) is 95.2 cm³/mol. The zero-order valence-electron chi connectivity index (χ0n) is 13.7. The van der Waals surface area contributed by atoms with Crippen molar-refractivity contribution >= 4 is 23.2 Å². The van der Waals surface area contributed by atoms with Crippen LogP contribution in [0.15, 0.2) is 35.7 Å². The van der Waals surface area contributed by atoms with E-state index < -0.39 is 0 Å². The summed E-state index contributed by atoms with van der Waals surface area (Å²) >= 11 is 1.55. The molecule has 1 saturated heterocycles. The SMILES string of the molecule is Cc1ccc(C(=O)N2CCN(Cc3cc(C(N)=O)cs3)CC2)cc1. The molecule has 2 heterocycles. The monoisotopic (exact) mass is 343 g/mol. The first kappa shape index (κ1) is 16.7. The van der Waals surface area contributed by atoms with Crippen LogP contribution >= 0.6 is 11.3 Å². The molecule has 1 aliphatic rings. The number of carbonyl (C=O) groups is 2. The summed E-state index contributed by atoms with van der Waals surface area (Å²) < 4.78 is 0. The Morgan fingerprint density at radius 3 is 2.33 bits per heavy atom. The number of hydrogen-bond donors (Lipinski definition) is 1. The fourth-order valence-electron chi connectivity index (χ4n) is 2.80. The van der Waals surface area contributed by atoms with Crippen molar-refractivity contribution < 1.29 is 9.59 Å². The quantitative estimate of drug-likeness (QED) is 0.925. The Balaban J connectivity index is 1.54. The van der Waals surface area contributed by atoms with Gasteiger partial charge in [-0.15, -0.1) is 11.3 Å². The van der Waals surface area contributed by atoms with E-state index in [9.17, 15) is 9.59 Å². The number of thiophene rings is 1. The highest BCUT2D eigenvalue weighted by atomic mass is 32.1. The van der Waals surface area contributed by atoms with Gasteiger partial charge in [-0.2, -0.15) is 0 Å². The van der Waals surface area contributed by atoms with E-state index in [1.54, 1.807) is 16.7 Å². The second-order valence-electron chi connectivity index (χ2n) is 6.10. The molecule has 5 nitrogen and oxygen atoms in total. The van der Waals surface area contributed by atoms with Crippen molar-refractivity contribution in [2.24, 2.45) is 5.73 Å². The molecule has 2 amide bonds. The zero-order chi connectivity index (χ0) is 17.1. The van der Waals surface area contributed by atoms with Gasteiger partial charge < -0.3 is 10.6 Å². The molecule has 3 rings (SSSR count). The number of benzene rings is 1. The fourth-order valence-corrected chi connectivity index (χ4v) is 3.72. The fraction of sp³-hybridized carbons (Fsp3) is 0.333. The van der Waals surface area contributed by atoms with E-state index in [0.29, 0.717) is 5.56 Å². The normalized spacial score (nSPS) is 15.5. The summed E-state index contributed by atoms with van der Waals surface area (Å²) in [6.45, 7) is 5.93. The minimum Gasteiger partial charge on any atom is -0.366 e. The predicted octanol–water partition coefficient (Wildman–Crippen LogP) is 2.11. The molecule has 6 heteroatoms. The first-order chi connectivity index (χ1) is 11.5. The van der Waals surface area contributed by atoms with Crippen LogP contribution in [0.2, 0.25) is 0 Å². The standard InChI is InChI=1S/C18H21N3O2S/c1-13-2-4-14(5-3-13)18(23)21-8-6-20(7-9-21)11-16-10-15(12-24-16)17(19)22/h2-5,10,12H,6-9,11H2,1H3,(H2,19,22). The molecule has 0 saturated carbocycles. The van der Waals surface area contributed by atoms with E-state index in [1.807, 2.05) is 42.2 Å². The number of rotatable bonds is 4. The van der Waals surface area contributed by atoms with Crippen LogP contribution in [0, 0.1) is 6.92 Å². The summed E-state index contributed by atoms with van der Waals surface area (Å²) in [5, 5.41) is 1.80. The van der Waals surface area contributed by atoms with Gasteiger partial charge in [0.2, 0.25) is 5.91 Å². The molecule has 24 heavy (non-hydrogen) atoms. The number of piperazine rings is 1. The molecule has 126 valence electrons. The Morgan fingerprint density at radius 1 is 1.08 bits per heavy atom. The second-order valence-corrected chi connectivity index (χ2v) is 7.10. The third-order valence-corrected chi connectivity index (χ3v) is 5.20. The van der Waals surface area contributed by atoms with Gasteiger partial charge in [-0.1, -0.05) is 17.7 Å². The van der Waals surface area contributed by atoms with Gasteiger partial charge in [0, 0.05) is 48.5 Å². The zero-order valence-corrected chi connectivity index (χ0v) is 14.5. The molecule has 1 aromatic carbocycles. The number of aryl methyl sites for hydroxylation is 1. The van der Waals surface area contributed by atoms with Gasteiger partial charge in [-0.25, -0.2) is 0 Å². The lowest BCUT2D eigenvalue weighted by molar-refractivity contribution is 0.0629. The summed E-state index contributed by atoms with van der Waals surface area (Å²) in [7, 11) is 0. The number of nitrogens with two attached hydrogens (primary N) is 1. The topological polar surface area (TPSA) is 66.6 Å². The molecule has 0 unspecified atom stereocenters. The average molecular weight is 343 g/mol. The summed E-state index contributed by atoms with van der Waals surface area (Å²) in [5.41, 5.74) is 7.76. The van der Waals surface area contributed by atoms with Gasteiger partial charge in [0.1, 0.15) is 0 Å². The maximum Gasteiger partial charge on any atom is 0.253 e. The number of amides is 2. The maximum absolute atomic E-state index is 12.5.